The number of nitrogens with two attached hydrogens (primary N) is 2. The molecule has 6 heterocycles. The number of H-pyrrole nitrogens is 1. The molecule has 258 valence electrons. The normalized spacial score (nSPS) is 31.6. The smallest absolute Gasteiger partial charge is 0.325 e. The molecule has 0 bridgehead atoms. The van der Waals surface area contributed by atoms with Crippen molar-refractivity contribution in [3.63, 3.8) is 0 Å². The van der Waals surface area contributed by atoms with E-state index in [9.17, 15) is 24.8 Å². The van der Waals surface area contributed by atoms with Gasteiger partial charge in [0.25, 0.3) is 5.56 Å². The number of ether oxygens (including phenoxy) is 2. The van der Waals surface area contributed by atoms with Crippen LogP contribution in [-0.4, -0.2) is 115 Å². The lowest BCUT2D eigenvalue weighted by Crippen LogP contribution is -2.45. The Balaban J connectivity index is 1.25. The van der Waals surface area contributed by atoms with Gasteiger partial charge in [-0.3, -0.25) is 23.4 Å². The lowest BCUT2D eigenvalue weighted by molar-refractivity contribution is -0.0908. The summed E-state index contributed by atoms with van der Waals surface area (Å²) in [6.45, 7) is -7.89. The van der Waals surface area contributed by atoms with Gasteiger partial charge in [-0.15, -0.1) is 6.42 Å². The summed E-state index contributed by atoms with van der Waals surface area (Å²) < 4.78 is 46.4. The van der Waals surface area contributed by atoms with Gasteiger partial charge in [0, 0.05) is 6.66 Å². The van der Waals surface area contributed by atoms with Gasteiger partial charge < -0.3 is 50.0 Å². The van der Waals surface area contributed by atoms with Crippen LogP contribution in [0.3, 0.4) is 0 Å². The number of hydrogen-bond donors (Lipinski definition) is 7. The van der Waals surface area contributed by atoms with E-state index in [1.807, 2.05) is 0 Å². The number of fused-ring (bicyclic) bond motifs is 2. The van der Waals surface area contributed by atoms with Gasteiger partial charge in [-0.05, 0) is 23.6 Å². The standard InChI is InChI=1S/C23H27FN10O10P2S2/c1-3-23(15(36)13(35)20(43-23)33-7-29-11-16(25)27-6-28-17(11)33)5-41-46(39,48)44-14-10(24)9(4-40-45(2,38)47)42-21(14)34-8-30-12-18(34)31-22(26)32-19(12)37/h1,6-10,13-15,20-21,35-36H,4-5H2,2H3,(H,38,47)(H,39,48)(H2,25,27,28)(H3,26,31,32,37)/t9-,10-,13-,14-,15+,20-,21-,23-,45?,46?/m1/s1. The first-order valence-electron chi connectivity index (χ1n) is 13.6. The van der Waals surface area contributed by atoms with Gasteiger partial charge in [0.15, 0.2) is 53.3 Å². The molecule has 0 radical (unpaired) electrons. The lowest BCUT2D eigenvalue weighted by Gasteiger charge is -2.30. The van der Waals surface area contributed by atoms with Crippen molar-refractivity contribution in [3.8, 4) is 12.3 Å². The predicted molar refractivity (Wildman–Crippen MR) is 171 cm³/mol. The van der Waals surface area contributed by atoms with E-state index in [2.05, 4.69) is 35.8 Å². The van der Waals surface area contributed by atoms with Crippen LogP contribution in [0.2, 0.25) is 0 Å². The molecule has 0 aliphatic carbocycles. The Morgan fingerprint density at radius 1 is 1.12 bits per heavy atom. The molecule has 2 saturated heterocycles. The lowest BCUT2D eigenvalue weighted by atomic mass is 9.97. The van der Waals surface area contributed by atoms with Crippen LogP contribution in [0.25, 0.3) is 22.3 Å². The third-order valence-corrected chi connectivity index (χ3v) is 9.98. The monoisotopic (exact) mass is 748 g/mol. The van der Waals surface area contributed by atoms with Crippen LogP contribution in [0.15, 0.2) is 23.8 Å². The van der Waals surface area contributed by atoms with Gasteiger partial charge in [0.05, 0.1) is 25.9 Å². The maximum absolute atomic E-state index is 16.0. The minimum absolute atomic E-state index is 0.0523. The molecule has 0 amide bonds. The van der Waals surface area contributed by atoms with Gasteiger partial charge in [-0.2, -0.15) is 4.98 Å². The van der Waals surface area contributed by atoms with E-state index < -0.39 is 80.6 Å². The van der Waals surface area contributed by atoms with Crippen molar-refractivity contribution >= 4 is 70.9 Å². The zero-order valence-corrected chi connectivity index (χ0v) is 27.8. The maximum atomic E-state index is 16.0. The first-order chi connectivity index (χ1) is 22.5. The molecular weight excluding hydrogens is 721 g/mol. The third-order valence-electron chi connectivity index (χ3n) is 7.49. The highest BCUT2D eigenvalue weighted by Crippen LogP contribution is 2.52. The van der Waals surface area contributed by atoms with E-state index >= 15 is 4.39 Å². The largest absolute Gasteiger partial charge is 0.386 e. The summed E-state index contributed by atoms with van der Waals surface area (Å²) in [6, 6.07) is 0. The fraction of sp³-hybridized carbons (Fsp3) is 0.478. The number of imidazole rings is 2. The van der Waals surface area contributed by atoms with Gasteiger partial charge in [0.2, 0.25) is 5.95 Å². The predicted octanol–water partition coefficient (Wildman–Crippen LogP) is -1.45. The molecule has 20 nitrogen and oxygen atoms in total. The molecule has 0 saturated carbocycles. The average Bonchev–Trinajstić information content (AvgIpc) is 3.76. The van der Waals surface area contributed by atoms with E-state index in [4.69, 9.17) is 64.5 Å². The fourth-order valence-electron chi connectivity index (χ4n) is 5.21. The van der Waals surface area contributed by atoms with Gasteiger partial charge in [0.1, 0.15) is 36.3 Å². The van der Waals surface area contributed by atoms with E-state index in [1.165, 1.54) is 17.6 Å². The summed E-state index contributed by atoms with van der Waals surface area (Å²) in [5, 5.41) is 21.9. The summed E-state index contributed by atoms with van der Waals surface area (Å²) in [4.78, 5) is 55.8. The van der Waals surface area contributed by atoms with Crippen LogP contribution in [0, 0.1) is 12.3 Å². The molecule has 2 aliphatic rings. The zero-order chi connectivity index (χ0) is 34.8. The molecule has 0 aromatic carbocycles. The maximum Gasteiger partial charge on any atom is 0.325 e. The minimum Gasteiger partial charge on any atom is -0.386 e. The van der Waals surface area contributed by atoms with Crippen LogP contribution in [0.5, 0.6) is 0 Å². The van der Waals surface area contributed by atoms with E-state index in [-0.39, 0.29) is 34.1 Å². The average molecular weight is 749 g/mol. The molecular formula is C23H27FN10O10P2S2. The number of nitrogen functional groups attached to an aromatic ring is 2. The molecule has 0 spiro atoms. The highest BCUT2D eigenvalue weighted by Gasteiger charge is 2.56. The zero-order valence-electron chi connectivity index (χ0n) is 24.4. The Morgan fingerprint density at radius 3 is 2.50 bits per heavy atom. The highest BCUT2D eigenvalue weighted by atomic mass is 32.5. The number of alkyl halides is 1. The van der Waals surface area contributed by atoms with E-state index in [0.29, 0.717) is 0 Å². The molecule has 48 heavy (non-hydrogen) atoms. The minimum atomic E-state index is -4.52. The van der Waals surface area contributed by atoms with E-state index in [0.717, 1.165) is 17.2 Å². The highest BCUT2D eigenvalue weighted by molar-refractivity contribution is 8.09. The van der Waals surface area contributed by atoms with Gasteiger partial charge in [-0.1, -0.05) is 5.92 Å². The molecule has 4 aromatic heterocycles. The fourth-order valence-corrected chi connectivity index (χ4v) is 7.22. The number of rotatable bonds is 10. The molecule has 6 rings (SSSR count). The summed E-state index contributed by atoms with van der Waals surface area (Å²) >= 11 is 10.1. The summed E-state index contributed by atoms with van der Waals surface area (Å²) in [7, 11) is 0. The quantitative estimate of drug-likeness (QED) is 0.0721. The van der Waals surface area contributed by atoms with E-state index in [1.54, 1.807) is 0 Å². The number of aliphatic hydroxyl groups is 2. The number of terminal acetylenes is 1. The number of nitrogens with zero attached hydrogens (tertiary/aromatic N) is 7. The molecule has 9 N–H and O–H groups in total. The van der Waals surface area contributed by atoms with Crippen molar-refractivity contribution in [2.45, 2.75) is 48.6 Å². The van der Waals surface area contributed by atoms with Crippen molar-refractivity contribution in [2.75, 3.05) is 31.3 Å². The number of aromatic nitrogens is 8. The second kappa shape index (κ2) is 12.7. The summed E-state index contributed by atoms with van der Waals surface area (Å²) in [6.07, 6.45) is -2.39. The Morgan fingerprint density at radius 2 is 1.81 bits per heavy atom. The third kappa shape index (κ3) is 6.36. The van der Waals surface area contributed by atoms with Crippen molar-refractivity contribution < 1.29 is 47.4 Å². The van der Waals surface area contributed by atoms with Crippen LogP contribution in [-0.2, 0) is 46.7 Å². The first-order valence-corrected chi connectivity index (χ1v) is 19.3. The second-order valence-electron chi connectivity index (χ2n) is 10.8. The molecule has 2 aliphatic heterocycles. The Hall–Kier alpha value is -3.07. The number of hydrogen-bond acceptors (Lipinski definition) is 17. The Kier molecular flexibility index (Phi) is 9.18. The number of nitrogens with one attached hydrogen (secondary N) is 1. The number of anilines is 2. The summed E-state index contributed by atoms with van der Waals surface area (Å²) in [5.74, 6) is 2.00. The molecule has 25 heteroatoms. The Labute approximate surface area is 278 Å². The SMILES string of the molecule is C#C[C@]1(COP(O)(=S)O[C@@H]2[C@H](F)[C@@H](COP(C)(O)=S)O[C@H]2n2cnc3c(=O)[nH]c(N)nc32)O[C@@H](n2cnc3c(N)ncnc32)[C@H](O)[C@@H]1O. The van der Waals surface area contributed by atoms with Crippen LogP contribution >= 0.6 is 13.2 Å². The molecule has 2 fully saturated rings. The number of halogens is 1. The molecule has 2 unspecified atom stereocenters. The van der Waals surface area contributed by atoms with Crippen LogP contribution in [0.1, 0.15) is 12.5 Å². The first kappa shape index (κ1) is 34.8. The summed E-state index contributed by atoms with van der Waals surface area (Å²) in [5.41, 5.74) is 8.79. The Bertz CT molecular complexity index is 2070. The number of aliphatic hydroxyl groups excluding tert-OH is 2. The van der Waals surface area contributed by atoms with Crippen molar-refractivity contribution in [1.29, 1.82) is 0 Å². The second-order valence-corrected chi connectivity index (χ2v) is 17.4. The number of aromatic amines is 1. The van der Waals surface area contributed by atoms with Crippen LogP contribution < -0.4 is 17.0 Å². The van der Waals surface area contributed by atoms with Crippen molar-refractivity contribution in [1.82, 2.24) is 39.0 Å². The van der Waals surface area contributed by atoms with Crippen molar-refractivity contribution in [3.05, 3.63) is 29.3 Å². The van der Waals surface area contributed by atoms with Gasteiger partial charge >= 0.3 is 6.72 Å². The molecule has 10 atom stereocenters. The topological polar surface area (TPSA) is 286 Å². The van der Waals surface area contributed by atoms with Crippen molar-refractivity contribution in [2.24, 2.45) is 0 Å². The molecule has 4 aromatic rings. The van der Waals surface area contributed by atoms with Gasteiger partial charge in [-0.25, -0.2) is 24.3 Å². The van der Waals surface area contributed by atoms with Crippen LogP contribution in [0.4, 0.5) is 16.2 Å².